The summed E-state index contributed by atoms with van der Waals surface area (Å²) in [5.74, 6) is 1.08. The van der Waals surface area contributed by atoms with Crippen LogP contribution in [0.15, 0.2) is 4.99 Å². The van der Waals surface area contributed by atoms with Gasteiger partial charge >= 0.3 is 0 Å². The number of likely N-dealkylation sites (N-methyl/N-ethyl adjacent to an activating group) is 1. The second-order valence-corrected chi connectivity index (χ2v) is 8.66. The number of hydrogen-bond donors (Lipinski definition) is 1. The maximum Gasteiger partial charge on any atom is 0.193 e. The van der Waals surface area contributed by atoms with E-state index in [0.29, 0.717) is 12.2 Å². The van der Waals surface area contributed by atoms with Gasteiger partial charge in [0.25, 0.3) is 0 Å². The lowest BCUT2D eigenvalue weighted by Crippen LogP contribution is -2.47. The number of likely N-dealkylation sites (tertiary alicyclic amines) is 1. The summed E-state index contributed by atoms with van der Waals surface area (Å²) in [6.45, 7) is 8.75. The molecule has 2 saturated heterocycles. The van der Waals surface area contributed by atoms with Crippen LogP contribution in [0.2, 0.25) is 0 Å². The standard InChI is InChI=1S/C22H42N4O2/c1-3-23-22(24-13-16-25(2)19-8-4-5-9-19)26-14-11-20(12-15-26)28-18-21-10-6-7-17-27-21/h19-21H,3-18H2,1-2H3,(H,23,24). The summed E-state index contributed by atoms with van der Waals surface area (Å²) < 4.78 is 12.0. The zero-order valence-corrected chi connectivity index (χ0v) is 18.2. The van der Waals surface area contributed by atoms with Gasteiger partial charge in [-0.15, -0.1) is 0 Å². The van der Waals surface area contributed by atoms with E-state index in [1.54, 1.807) is 0 Å². The van der Waals surface area contributed by atoms with Gasteiger partial charge in [0.05, 0.1) is 25.4 Å². The fourth-order valence-corrected chi connectivity index (χ4v) is 4.68. The highest BCUT2D eigenvalue weighted by Gasteiger charge is 2.24. The molecular weight excluding hydrogens is 352 g/mol. The fraction of sp³-hybridized carbons (Fsp3) is 0.955. The van der Waals surface area contributed by atoms with Crippen LogP contribution in [0.5, 0.6) is 0 Å². The first-order valence-corrected chi connectivity index (χ1v) is 11.7. The van der Waals surface area contributed by atoms with Crippen molar-refractivity contribution in [3.05, 3.63) is 0 Å². The third-order valence-electron chi connectivity index (χ3n) is 6.53. The molecular formula is C22H42N4O2. The third kappa shape index (κ3) is 6.89. The van der Waals surface area contributed by atoms with Crippen LogP contribution in [0, 0.1) is 0 Å². The highest BCUT2D eigenvalue weighted by Crippen LogP contribution is 2.22. The van der Waals surface area contributed by atoms with Crippen molar-refractivity contribution >= 4 is 5.96 Å². The van der Waals surface area contributed by atoms with Gasteiger partial charge in [-0.1, -0.05) is 12.8 Å². The summed E-state index contributed by atoms with van der Waals surface area (Å²) in [4.78, 5) is 9.84. The highest BCUT2D eigenvalue weighted by molar-refractivity contribution is 5.80. The molecule has 6 heteroatoms. The van der Waals surface area contributed by atoms with Crippen molar-refractivity contribution in [3.63, 3.8) is 0 Å². The smallest absolute Gasteiger partial charge is 0.193 e. The van der Waals surface area contributed by atoms with Gasteiger partial charge in [-0.05, 0) is 58.9 Å². The number of nitrogens with zero attached hydrogens (tertiary/aromatic N) is 3. The molecule has 1 N–H and O–H groups in total. The highest BCUT2D eigenvalue weighted by atomic mass is 16.5. The monoisotopic (exact) mass is 394 g/mol. The van der Waals surface area contributed by atoms with Crippen molar-refractivity contribution in [2.45, 2.75) is 83.0 Å². The second kappa shape index (κ2) is 12.0. The van der Waals surface area contributed by atoms with Crippen molar-refractivity contribution < 1.29 is 9.47 Å². The molecule has 1 aliphatic carbocycles. The molecule has 3 rings (SSSR count). The van der Waals surface area contributed by atoms with Gasteiger partial charge in [-0.3, -0.25) is 4.99 Å². The van der Waals surface area contributed by atoms with Gasteiger partial charge < -0.3 is 24.6 Å². The van der Waals surface area contributed by atoms with E-state index in [1.165, 1.54) is 38.5 Å². The van der Waals surface area contributed by atoms with Crippen LogP contribution >= 0.6 is 0 Å². The second-order valence-electron chi connectivity index (χ2n) is 8.66. The molecule has 1 unspecified atom stereocenters. The van der Waals surface area contributed by atoms with Gasteiger partial charge in [0.1, 0.15) is 0 Å². The molecule has 0 radical (unpaired) electrons. The molecule has 0 bridgehead atoms. The van der Waals surface area contributed by atoms with E-state index in [4.69, 9.17) is 14.5 Å². The molecule has 0 aromatic rings. The SMILES string of the molecule is CCNC(=NCCN(C)C1CCCC1)N1CCC(OCC2CCCCO2)CC1. The molecule has 0 aromatic carbocycles. The van der Waals surface area contributed by atoms with E-state index in [2.05, 4.69) is 29.1 Å². The Bertz CT molecular complexity index is 453. The number of rotatable bonds is 8. The Hall–Kier alpha value is -0.850. The van der Waals surface area contributed by atoms with E-state index in [-0.39, 0.29) is 0 Å². The fourth-order valence-electron chi connectivity index (χ4n) is 4.68. The molecule has 3 aliphatic rings. The summed E-state index contributed by atoms with van der Waals surface area (Å²) in [6.07, 6.45) is 12.0. The number of guanidine groups is 1. The molecule has 162 valence electrons. The van der Waals surface area contributed by atoms with Crippen LogP contribution in [0.25, 0.3) is 0 Å². The molecule has 1 atom stereocenters. The first-order chi connectivity index (χ1) is 13.8. The quantitative estimate of drug-likeness (QED) is 0.507. The Morgan fingerprint density at radius 1 is 1.11 bits per heavy atom. The Morgan fingerprint density at radius 3 is 2.54 bits per heavy atom. The van der Waals surface area contributed by atoms with Crippen molar-refractivity contribution in [2.75, 3.05) is 53.0 Å². The molecule has 0 aromatic heterocycles. The normalized spacial score (nSPS) is 25.6. The lowest BCUT2D eigenvalue weighted by atomic mass is 10.1. The molecule has 2 aliphatic heterocycles. The van der Waals surface area contributed by atoms with Gasteiger partial charge in [0.2, 0.25) is 0 Å². The van der Waals surface area contributed by atoms with Crippen LogP contribution < -0.4 is 5.32 Å². The molecule has 0 spiro atoms. The number of hydrogen-bond acceptors (Lipinski definition) is 4. The Kier molecular flexibility index (Phi) is 9.35. The summed E-state index contributed by atoms with van der Waals surface area (Å²) >= 11 is 0. The van der Waals surface area contributed by atoms with Crippen LogP contribution in [-0.2, 0) is 9.47 Å². The van der Waals surface area contributed by atoms with E-state index < -0.39 is 0 Å². The average molecular weight is 395 g/mol. The van der Waals surface area contributed by atoms with Crippen LogP contribution in [0.4, 0.5) is 0 Å². The predicted octanol–water partition coefficient (Wildman–Crippen LogP) is 2.88. The number of piperidine rings is 1. The summed E-state index contributed by atoms with van der Waals surface area (Å²) in [7, 11) is 2.26. The Morgan fingerprint density at radius 2 is 1.86 bits per heavy atom. The van der Waals surface area contributed by atoms with Crippen molar-refractivity contribution in [1.29, 1.82) is 0 Å². The predicted molar refractivity (Wildman–Crippen MR) is 115 cm³/mol. The molecule has 3 fully saturated rings. The van der Waals surface area contributed by atoms with Crippen LogP contribution in [-0.4, -0.2) is 87.0 Å². The molecule has 6 nitrogen and oxygen atoms in total. The number of ether oxygens (including phenoxy) is 2. The van der Waals surface area contributed by atoms with E-state index >= 15 is 0 Å². The third-order valence-corrected chi connectivity index (χ3v) is 6.53. The van der Waals surface area contributed by atoms with Crippen LogP contribution in [0.1, 0.15) is 64.7 Å². The number of aliphatic imine (C=N–C) groups is 1. The zero-order chi connectivity index (χ0) is 19.6. The summed E-state index contributed by atoms with van der Waals surface area (Å²) in [6, 6.07) is 0.777. The van der Waals surface area contributed by atoms with Crippen molar-refractivity contribution in [1.82, 2.24) is 15.1 Å². The minimum atomic E-state index is 0.322. The average Bonchev–Trinajstić information content (AvgIpc) is 3.28. The first kappa shape index (κ1) is 21.8. The van der Waals surface area contributed by atoms with Gasteiger partial charge in [0.15, 0.2) is 5.96 Å². The molecule has 0 amide bonds. The van der Waals surface area contributed by atoms with E-state index in [0.717, 1.165) is 77.2 Å². The maximum absolute atomic E-state index is 6.16. The van der Waals surface area contributed by atoms with E-state index in [1.807, 2.05) is 0 Å². The topological polar surface area (TPSA) is 49.3 Å². The van der Waals surface area contributed by atoms with Gasteiger partial charge in [-0.2, -0.15) is 0 Å². The summed E-state index contributed by atoms with van der Waals surface area (Å²) in [5, 5.41) is 3.49. The van der Waals surface area contributed by atoms with Gasteiger partial charge in [-0.25, -0.2) is 0 Å². The van der Waals surface area contributed by atoms with Crippen molar-refractivity contribution in [2.24, 2.45) is 4.99 Å². The maximum atomic E-state index is 6.16. The van der Waals surface area contributed by atoms with Crippen LogP contribution in [0.3, 0.4) is 0 Å². The number of nitrogens with one attached hydrogen (secondary N) is 1. The summed E-state index contributed by atoms with van der Waals surface area (Å²) in [5.41, 5.74) is 0. The minimum absolute atomic E-state index is 0.322. The van der Waals surface area contributed by atoms with Gasteiger partial charge in [0, 0.05) is 38.8 Å². The lowest BCUT2D eigenvalue weighted by Gasteiger charge is -2.35. The zero-order valence-electron chi connectivity index (χ0n) is 18.2. The molecule has 2 heterocycles. The van der Waals surface area contributed by atoms with E-state index in [9.17, 15) is 0 Å². The minimum Gasteiger partial charge on any atom is -0.376 e. The Labute approximate surface area is 172 Å². The largest absolute Gasteiger partial charge is 0.376 e. The molecule has 1 saturated carbocycles. The Balaban J connectivity index is 1.37. The van der Waals surface area contributed by atoms with Crippen molar-refractivity contribution in [3.8, 4) is 0 Å². The molecule has 28 heavy (non-hydrogen) atoms. The lowest BCUT2D eigenvalue weighted by molar-refractivity contribution is -0.0721. The first-order valence-electron chi connectivity index (χ1n) is 11.7.